The first-order valence-corrected chi connectivity index (χ1v) is 9.79. The lowest BCUT2D eigenvalue weighted by molar-refractivity contribution is 0.600. The first-order chi connectivity index (χ1) is 9.77. The van der Waals surface area contributed by atoms with Crippen LogP contribution in [0.5, 0.6) is 0 Å². The quantitative estimate of drug-likeness (QED) is 0.610. The number of hydrogen-bond acceptors (Lipinski definition) is 3. The SMILES string of the molecule is Nc1ccc(CS(=O)(=O)Nc2c(Br)cc(Br)cc2Br)cc1. The van der Waals surface area contributed by atoms with Gasteiger partial charge in [-0.05, 0) is 61.7 Å². The predicted octanol–water partition coefficient (Wildman–Crippen LogP) is 4.50. The van der Waals surface area contributed by atoms with Crippen LogP contribution in [0, 0.1) is 0 Å². The molecule has 0 aromatic heterocycles. The fourth-order valence-electron chi connectivity index (χ4n) is 1.66. The van der Waals surface area contributed by atoms with Crippen molar-refractivity contribution >= 4 is 69.2 Å². The highest BCUT2D eigenvalue weighted by Gasteiger charge is 2.16. The number of anilines is 2. The molecule has 2 aromatic rings. The third-order valence-corrected chi connectivity index (χ3v) is 5.54. The third-order valence-electron chi connectivity index (χ3n) is 2.60. The Kier molecular flexibility index (Phi) is 5.34. The average molecular weight is 499 g/mol. The van der Waals surface area contributed by atoms with Gasteiger partial charge in [-0.1, -0.05) is 28.1 Å². The molecule has 21 heavy (non-hydrogen) atoms. The maximum atomic E-state index is 12.2. The van der Waals surface area contributed by atoms with E-state index in [4.69, 9.17) is 5.73 Å². The Morgan fingerprint density at radius 2 is 1.52 bits per heavy atom. The highest BCUT2D eigenvalue weighted by Crippen LogP contribution is 2.35. The Bertz CT molecular complexity index is 738. The summed E-state index contributed by atoms with van der Waals surface area (Å²) in [7, 11) is -3.52. The monoisotopic (exact) mass is 496 g/mol. The summed E-state index contributed by atoms with van der Waals surface area (Å²) in [6.07, 6.45) is 0. The van der Waals surface area contributed by atoms with Crippen molar-refractivity contribution in [2.24, 2.45) is 0 Å². The second-order valence-corrected chi connectivity index (χ2v) is 8.69. The molecule has 0 saturated carbocycles. The van der Waals surface area contributed by atoms with Gasteiger partial charge in [-0.25, -0.2) is 8.42 Å². The number of nitrogens with one attached hydrogen (secondary N) is 1. The molecule has 0 unspecified atom stereocenters. The second-order valence-electron chi connectivity index (χ2n) is 4.35. The molecule has 0 spiro atoms. The number of hydrogen-bond donors (Lipinski definition) is 2. The molecule has 0 bridgehead atoms. The van der Waals surface area contributed by atoms with E-state index >= 15 is 0 Å². The maximum Gasteiger partial charge on any atom is 0.236 e. The molecule has 3 N–H and O–H groups in total. The maximum absolute atomic E-state index is 12.2. The zero-order valence-corrected chi connectivity index (χ0v) is 16.2. The minimum Gasteiger partial charge on any atom is -0.399 e. The smallest absolute Gasteiger partial charge is 0.236 e. The summed E-state index contributed by atoms with van der Waals surface area (Å²) in [4.78, 5) is 0. The van der Waals surface area contributed by atoms with Crippen molar-refractivity contribution in [3.05, 3.63) is 55.4 Å². The number of sulfonamides is 1. The number of rotatable bonds is 4. The van der Waals surface area contributed by atoms with Gasteiger partial charge in [-0.15, -0.1) is 0 Å². The first-order valence-electron chi connectivity index (χ1n) is 5.76. The summed E-state index contributed by atoms with van der Waals surface area (Å²) in [5.41, 5.74) is 7.32. The van der Waals surface area contributed by atoms with E-state index in [1.807, 2.05) is 0 Å². The number of halogens is 3. The average Bonchev–Trinajstić information content (AvgIpc) is 2.36. The van der Waals surface area contributed by atoms with Crippen LogP contribution in [0.4, 0.5) is 11.4 Å². The van der Waals surface area contributed by atoms with Gasteiger partial charge >= 0.3 is 0 Å². The Labute approximate surface area is 148 Å². The highest BCUT2D eigenvalue weighted by molar-refractivity contribution is 9.11. The molecule has 2 rings (SSSR count). The van der Waals surface area contributed by atoms with Crippen LogP contribution in [0.1, 0.15) is 5.56 Å². The van der Waals surface area contributed by atoms with E-state index in [9.17, 15) is 8.42 Å². The zero-order valence-electron chi connectivity index (χ0n) is 10.6. The van der Waals surface area contributed by atoms with Gasteiger partial charge < -0.3 is 5.73 Å². The summed E-state index contributed by atoms with van der Waals surface area (Å²) >= 11 is 10.0. The van der Waals surface area contributed by atoms with Gasteiger partial charge in [-0.3, -0.25) is 4.72 Å². The van der Waals surface area contributed by atoms with Crippen LogP contribution >= 0.6 is 47.8 Å². The molecule has 0 radical (unpaired) electrons. The van der Waals surface area contributed by atoms with Crippen molar-refractivity contribution in [1.29, 1.82) is 0 Å². The molecule has 0 heterocycles. The molecule has 4 nitrogen and oxygen atoms in total. The fourth-order valence-corrected chi connectivity index (χ4v) is 5.62. The highest BCUT2D eigenvalue weighted by atomic mass is 79.9. The fraction of sp³-hybridized carbons (Fsp3) is 0.0769. The molecule has 8 heteroatoms. The molecular formula is C13H11Br3N2O2S. The zero-order chi connectivity index (χ0) is 15.6. The molecule has 0 aliphatic heterocycles. The van der Waals surface area contributed by atoms with Gasteiger partial charge in [-0.2, -0.15) is 0 Å². The molecule has 0 aliphatic carbocycles. The summed E-state index contributed by atoms with van der Waals surface area (Å²) < 4.78 is 29.2. The lowest BCUT2D eigenvalue weighted by atomic mass is 10.2. The molecule has 0 aliphatic rings. The molecular weight excluding hydrogens is 488 g/mol. The predicted molar refractivity (Wildman–Crippen MR) is 96.6 cm³/mol. The van der Waals surface area contributed by atoms with Crippen molar-refractivity contribution in [3.63, 3.8) is 0 Å². The Hall–Kier alpha value is -0.570. The van der Waals surface area contributed by atoms with Crippen LogP contribution in [0.3, 0.4) is 0 Å². The Morgan fingerprint density at radius 3 is 2.05 bits per heavy atom. The van der Waals surface area contributed by atoms with E-state index < -0.39 is 10.0 Å². The minimum atomic E-state index is -3.52. The van der Waals surface area contributed by atoms with Crippen LogP contribution in [0.2, 0.25) is 0 Å². The van der Waals surface area contributed by atoms with E-state index in [0.717, 1.165) is 4.47 Å². The van der Waals surface area contributed by atoms with Crippen molar-refractivity contribution < 1.29 is 8.42 Å². The first kappa shape index (κ1) is 16.8. The molecule has 112 valence electrons. The number of nitrogens with two attached hydrogens (primary N) is 1. The van der Waals surface area contributed by atoms with Crippen LogP contribution in [-0.2, 0) is 15.8 Å². The Morgan fingerprint density at radius 1 is 1.00 bits per heavy atom. The lowest BCUT2D eigenvalue weighted by Crippen LogP contribution is -2.15. The minimum absolute atomic E-state index is 0.123. The number of nitrogen functional groups attached to an aromatic ring is 1. The summed E-state index contributed by atoms with van der Waals surface area (Å²) in [6, 6.07) is 10.3. The standard InChI is InChI=1S/C13H11Br3N2O2S/c14-9-5-11(15)13(12(16)6-9)18-21(19,20)7-8-1-3-10(17)4-2-8/h1-6,18H,7,17H2. The van der Waals surface area contributed by atoms with E-state index in [1.165, 1.54) is 0 Å². The van der Waals surface area contributed by atoms with Crippen molar-refractivity contribution in [1.82, 2.24) is 0 Å². The van der Waals surface area contributed by atoms with Crippen LogP contribution in [-0.4, -0.2) is 8.42 Å². The molecule has 0 amide bonds. The van der Waals surface area contributed by atoms with E-state index in [0.29, 0.717) is 25.9 Å². The molecule has 2 aromatic carbocycles. The summed E-state index contributed by atoms with van der Waals surface area (Å²) in [5.74, 6) is -0.123. The summed E-state index contributed by atoms with van der Waals surface area (Å²) in [6.45, 7) is 0. The van der Waals surface area contributed by atoms with Gasteiger partial charge in [0.15, 0.2) is 0 Å². The van der Waals surface area contributed by atoms with E-state index in [1.54, 1.807) is 36.4 Å². The van der Waals surface area contributed by atoms with Crippen molar-refractivity contribution in [3.8, 4) is 0 Å². The van der Waals surface area contributed by atoms with Gasteiger partial charge in [0.1, 0.15) is 0 Å². The van der Waals surface area contributed by atoms with Gasteiger partial charge in [0, 0.05) is 19.1 Å². The number of benzene rings is 2. The van der Waals surface area contributed by atoms with Crippen LogP contribution < -0.4 is 10.5 Å². The van der Waals surface area contributed by atoms with Gasteiger partial charge in [0.25, 0.3) is 0 Å². The van der Waals surface area contributed by atoms with Crippen molar-refractivity contribution in [2.45, 2.75) is 5.75 Å². The largest absolute Gasteiger partial charge is 0.399 e. The molecule has 0 fully saturated rings. The molecule has 0 saturated heterocycles. The van der Waals surface area contributed by atoms with Gasteiger partial charge in [0.2, 0.25) is 10.0 Å². The third kappa shape index (κ3) is 4.70. The van der Waals surface area contributed by atoms with Crippen LogP contribution in [0.15, 0.2) is 49.8 Å². The van der Waals surface area contributed by atoms with E-state index in [-0.39, 0.29) is 5.75 Å². The second kappa shape index (κ2) is 6.68. The summed E-state index contributed by atoms with van der Waals surface area (Å²) in [5, 5.41) is 0. The van der Waals surface area contributed by atoms with E-state index in [2.05, 4.69) is 52.5 Å². The van der Waals surface area contributed by atoms with Crippen LogP contribution in [0.25, 0.3) is 0 Å². The van der Waals surface area contributed by atoms with Gasteiger partial charge in [0.05, 0.1) is 11.4 Å². The lowest BCUT2D eigenvalue weighted by Gasteiger charge is -2.12. The Balaban J connectivity index is 2.24. The normalized spacial score (nSPS) is 11.4. The molecule has 0 atom stereocenters. The topological polar surface area (TPSA) is 72.2 Å². The van der Waals surface area contributed by atoms with Crippen molar-refractivity contribution in [2.75, 3.05) is 10.5 Å².